The highest BCUT2D eigenvalue weighted by Crippen LogP contribution is 2.21. The molecule has 1 heterocycles. The number of nitrogens with one attached hydrogen (secondary N) is 2. The van der Waals surface area contributed by atoms with Crippen molar-refractivity contribution >= 4 is 23.2 Å². The standard InChI is InChI=1S/C20H22N4O5/c25-19(20(26)22-16-7-4-8-17(13-16)24(27)28)21-9-10-23-11-12-29-18(14-23)15-5-2-1-3-6-15/h1-8,13,18H,9-12,14H2,(H,21,25)(H,22,26). The summed E-state index contributed by atoms with van der Waals surface area (Å²) < 4.78 is 5.81. The molecule has 2 N–H and O–H groups in total. The van der Waals surface area contributed by atoms with Gasteiger partial charge >= 0.3 is 11.8 Å². The van der Waals surface area contributed by atoms with Crippen LogP contribution >= 0.6 is 0 Å². The maximum Gasteiger partial charge on any atom is 0.313 e. The van der Waals surface area contributed by atoms with Gasteiger partial charge < -0.3 is 15.4 Å². The van der Waals surface area contributed by atoms with Crippen LogP contribution in [0.2, 0.25) is 0 Å². The fraction of sp³-hybridized carbons (Fsp3) is 0.300. The molecule has 1 unspecified atom stereocenters. The average Bonchev–Trinajstić information content (AvgIpc) is 2.74. The summed E-state index contributed by atoms with van der Waals surface area (Å²) in [4.78, 5) is 36.4. The average molecular weight is 398 g/mol. The number of benzene rings is 2. The number of anilines is 1. The van der Waals surface area contributed by atoms with Crippen molar-refractivity contribution in [1.29, 1.82) is 0 Å². The van der Waals surface area contributed by atoms with Crippen LogP contribution in [0, 0.1) is 10.1 Å². The molecule has 1 atom stereocenters. The topological polar surface area (TPSA) is 114 Å². The maximum absolute atomic E-state index is 12.0. The molecule has 9 heteroatoms. The van der Waals surface area contributed by atoms with E-state index in [4.69, 9.17) is 4.74 Å². The van der Waals surface area contributed by atoms with E-state index in [0.717, 1.165) is 12.1 Å². The van der Waals surface area contributed by atoms with Crippen molar-refractivity contribution in [2.24, 2.45) is 0 Å². The second kappa shape index (κ2) is 9.76. The Labute approximate surface area is 167 Å². The fourth-order valence-corrected chi connectivity index (χ4v) is 3.07. The minimum atomic E-state index is -0.866. The molecule has 0 radical (unpaired) electrons. The molecule has 1 aliphatic heterocycles. The predicted molar refractivity (Wildman–Crippen MR) is 106 cm³/mol. The van der Waals surface area contributed by atoms with E-state index in [1.807, 2.05) is 30.3 Å². The summed E-state index contributed by atoms with van der Waals surface area (Å²) >= 11 is 0. The summed E-state index contributed by atoms with van der Waals surface area (Å²) in [7, 11) is 0. The van der Waals surface area contributed by atoms with Gasteiger partial charge in [-0.05, 0) is 11.6 Å². The number of carbonyl (C=O) groups is 2. The van der Waals surface area contributed by atoms with E-state index in [1.54, 1.807) is 0 Å². The van der Waals surface area contributed by atoms with E-state index in [-0.39, 0.29) is 17.5 Å². The third-order valence-corrected chi connectivity index (χ3v) is 4.56. The van der Waals surface area contributed by atoms with Crippen LogP contribution in [0.3, 0.4) is 0 Å². The lowest BCUT2D eigenvalue weighted by molar-refractivity contribution is -0.384. The number of ether oxygens (including phenoxy) is 1. The summed E-state index contributed by atoms with van der Waals surface area (Å²) in [6, 6.07) is 15.4. The van der Waals surface area contributed by atoms with E-state index >= 15 is 0 Å². The zero-order valence-electron chi connectivity index (χ0n) is 15.7. The quantitative estimate of drug-likeness (QED) is 0.435. The molecule has 0 bridgehead atoms. The van der Waals surface area contributed by atoms with Gasteiger partial charge in [-0.25, -0.2) is 0 Å². The number of nitro benzene ring substituents is 1. The summed E-state index contributed by atoms with van der Waals surface area (Å²) in [6.45, 7) is 2.95. The van der Waals surface area contributed by atoms with Crippen molar-refractivity contribution < 1.29 is 19.2 Å². The van der Waals surface area contributed by atoms with Gasteiger partial charge in [0.15, 0.2) is 0 Å². The number of carbonyl (C=O) groups excluding carboxylic acids is 2. The van der Waals surface area contributed by atoms with Crippen molar-refractivity contribution in [2.45, 2.75) is 6.10 Å². The summed E-state index contributed by atoms with van der Waals surface area (Å²) in [5, 5.41) is 15.7. The SMILES string of the molecule is O=C(NCCN1CCOC(c2ccccc2)C1)C(=O)Nc1cccc([N+](=O)[O-])c1. The number of rotatable bonds is 6. The normalized spacial score (nSPS) is 16.8. The van der Waals surface area contributed by atoms with Gasteiger partial charge in [0.2, 0.25) is 0 Å². The third-order valence-electron chi connectivity index (χ3n) is 4.56. The zero-order valence-corrected chi connectivity index (χ0v) is 15.7. The molecule has 1 fully saturated rings. The van der Waals surface area contributed by atoms with E-state index in [2.05, 4.69) is 15.5 Å². The van der Waals surface area contributed by atoms with Crippen LogP contribution in [0.5, 0.6) is 0 Å². The second-order valence-corrected chi connectivity index (χ2v) is 6.59. The van der Waals surface area contributed by atoms with Crippen molar-refractivity contribution in [3.63, 3.8) is 0 Å². The second-order valence-electron chi connectivity index (χ2n) is 6.59. The Bertz CT molecular complexity index is 874. The zero-order chi connectivity index (χ0) is 20.6. The predicted octanol–water partition coefficient (Wildman–Crippen LogP) is 1.72. The molecule has 9 nitrogen and oxygen atoms in total. The van der Waals surface area contributed by atoms with Crippen LogP contribution in [0.1, 0.15) is 11.7 Å². The first-order valence-corrected chi connectivity index (χ1v) is 9.25. The van der Waals surface area contributed by atoms with Gasteiger partial charge in [0.1, 0.15) is 0 Å². The Balaban J connectivity index is 1.44. The van der Waals surface area contributed by atoms with E-state index in [0.29, 0.717) is 26.2 Å². The van der Waals surface area contributed by atoms with E-state index in [9.17, 15) is 19.7 Å². The molecular formula is C20H22N4O5. The summed E-state index contributed by atoms with van der Waals surface area (Å²) in [6.07, 6.45) is -0.0159. The molecule has 0 saturated carbocycles. The summed E-state index contributed by atoms with van der Waals surface area (Å²) in [5.74, 6) is -1.65. The van der Waals surface area contributed by atoms with Gasteiger partial charge in [0, 0.05) is 44.0 Å². The molecule has 2 amide bonds. The molecule has 2 aromatic carbocycles. The Hall–Kier alpha value is -3.30. The number of non-ortho nitro benzene ring substituents is 1. The number of nitro groups is 1. The molecule has 0 aliphatic carbocycles. The largest absolute Gasteiger partial charge is 0.371 e. The van der Waals surface area contributed by atoms with E-state index in [1.165, 1.54) is 24.3 Å². The monoisotopic (exact) mass is 398 g/mol. The van der Waals surface area contributed by atoms with Gasteiger partial charge in [-0.15, -0.1) is 0 Å². The molecule has 2 aromatic rings. The van der Waals surface area contributed by atoms with Gasteiger partial charge in [-0.1, -0.05) is 36.4 Å². The number of morpholine rings is 1. The minimum Gasteiger partial charge on any atom is -0.371 e. The van der Waals surface area contributed by atoms with Gasteiger partial charge in [-0.3, -0.25) is 24.6 Å². The Morgan fingerprint density at radius 2 is 1.93 bits per heavy atom. The van der Waals surface area contributed by atoms with Gasteiger partial charge in [0.05, 0.1) is 17.6 Å². The minimum absolute atomic E-state index is 0.0159. The molecule has 0 spiro atoms. The van der Waals surface area contributed by atoms with Gasteiger partial charge in [-0.2, -0.15) is 0 Å². The number of nitrogens with zero attached hydrogens (tertiary/aromatic N) is 2. The number of hydrogen-bond donors (Lipinski definition) is 2. The third kappa shape index (κ3) is 5.84. The molecule has 1 aliphatic rings. The molecule has 152 valence electrons. The van der Waals surface area contributed by atoms with Crippen LogP contribution in [-0.4, -0.2) is 54.4 Å². The number of hydrogen-bond acceptors (Lipinski definition) is 6. The Morgan fingerprint density at radius 3 is 2.69 bits per heavy atom. The summed E-state index contributed by atoms with van der Waals surface area (Å²) in [5.41, 5.74) is 1.14. The first-order valence-electron chi connectivity index (χ1n) is 9.25. The van der Waals surface area contributed by atoms with Crippen molar-refractivity contribution in [1.82, 2.24) is 10.2 Å². The van der Waals surface area contributed by atoms with Crippen LogP contribution in [0.25, 0.3) is 0 Å². The lowest BCUT2D eigenvalue weighted by atomic mass is 10.1. The highest BCUT2D eigenvalue weighted by molar-refractivity contribution is 6.39. The lowest BCUT2D eigenvalue weighted by Crippen LogP contribution is -2.44. The van der Waals surface area contributed by atoms with E-state index < -0.39 is 16.7 Å². The molecule has 29 heavy (non-hydrogen) atoms. The van der Waals surface area contributed by atoms with Gasteiger partial charge in [0.25, 0.3) is 5.69 Å². The van der Waals surface area contributed by atoms with Crippen molar-refractivity contribution in [3.8, 4) is 0 Å². The smallest absolute Gasteiger partial charge is 0.313 e. The first-order chi connectivity index (χ1) is 14.0. The number of amides is 2. The van der Waals surface area contributed by atoms with Crippen LogP contribution in [0.4, 0.5) is 11.4 Å². The molecule has 0 aromatic heterocycles. The van der Waals surface area contributed by atoms with Crippen molar-refractivity contribution in [3.05, 3.63) is 70.3 Å². The molecular weight excluding hydrogens is 376 g/mol. The molecule has 3 rings (SSSR count). The van der Waals surface area contributed by atoms with Crippen LogP contribution in [0.15, 0.2) is 54.6 Å². The maximum atomic E-state index is 12.0. The highest BCUT2D eigenvalue weighted by Gasteiger charge is 2.22. The molecule has 1 saturated heterocycles. The van der Waals surface area contributed by atoms with Crippen LogP contribution < -0.4 is 10.6 Å². The van der Waals surface area contributed by atoms with Crippen molar-refractivity contribution in [2.75, 3.05) is 38.1 Å². The lowest BCUT2D eigenvalue weighted by Gasteiger charge is -2.33. The Morgan fingerprint density at radius 1 is 1.14 bits per heavy atom. The first kappa shape index (κ1) is 20.4. The fourth-order valence-electron chi connectivity index (χ4n) is 3.07. The van der Waals surface area contributed by atoms with Crippen LogP contribution in [-0.2, 0) is 14.3 Å². The highest BCUT2D eigenvalue weighted by atomic mass is 16.6. The Kier molecular flexibility index (Phi) is 6.88.